The predicted molar refractivity (Wildman–Crippen MR) is 90.6 cm³/mol. The van der Waals surface area contributed by atoms with Crippen LogP contribution in [-0.2, 0) is 9.53 Å². The van der Waals surface area contributed by atoms with Gasteiger partial charge in [-0.15, -0.1) is 0 Å². The van der Waals surface area contributed by atoms with Crippen LogP contribution in [0.5, 0.6) is 0 Å². The number of benzene rings is 2. The summed E-state index contributed by atoms with van der Waals surface area (Å²) in [5.41, 5.74) is 2.51. The molecule has 0 heterocycles. The summed E-state index contributed by atoms with van der Waals surface area (Å²) in [6.07, 6.45) is 0.0523. The zero-order valence-corrected chi connectivity index (χ0v) is 13.4. The SMILES string of the molecule is CCOC(=O)[C@H](CC(=O)c1ccccc1)Nc1ccc(C)cc1. The van der Waals surface area contributed by atoms with Crippen molar-refractivity contribution < 1.29 is 14.3 Å². The number of hydrogen-bond donors (Lipinski definition) is 1. The van der Waals surface area contributed by atoms with Crippen molar-refractivity contribution in [3.8, 4) is 0 Å². The van der Waals surface area contributed by atoms with Gasteiger partial charge in [-0.1, -0.05) is 48.0 Å². The summed E-state index contributed by atoms with van der Waals surface area (Å²) in [7, 11) is 0. The highest BCUT2D eigenvalue weighted by atomic mass is 16.5. The Hall–Kier alpha value is -2.62. The van der Waals surface area contributed by atoms with Gasteiger partial charge in [0.1, 0.15) is 6.04 Å². The number of aryl methyl sites for hydroxylation is 1. The van der Waals surface area contributed by atoms with Crippen LogP contribution in [-0.4, -0.2) is 24.4 Å². The monoisotopic (exact) mass is 311 g/mol. The van der Waals surface area contributed by atoms with Gasteiger partial charge in [0.2, 0.25) is 0 Å². The van der Waals surface area contributed by atoms with Crippen LogP contribution in [0, 0.1) is 6.92 Å². The van der Waals surface area contributed by atoms with Crippen molar-refractivity contribution in [1.82, 2.24) is 0 Å². The molecule has 0 saturated carbocycles. The Bertz CT molecular complexity index is 650. The number of hydrogen-bond acceptors (Lipinski definition) is 4. The van der Waals surface area contributed by atoms with Crippen LogP contribution in [0.1, 0.15) is 29.3 Å². The molecule has 0 radical (unpaired) electrons. The van der Waals surface area contributed by atoms with Gasteiger partial charge in [0.25, 0.3) is 0 Å². The first-order valence-electron chi connectivity index (χ1n) is 7.68. The zero-order chi connectivity index (χ0) is 16.7. The molecule has 0 aromatic heterocycles. The van der Waals surface area contributed by atoms with E-state index in [9.17, 15) is 9.59 Å². The quantitative estimate of drug-likeness (QED) is 0.627. The largest absolute Gasteiger partial charge is 0.464 e. The molecule has 23 heavy (non-hydrogen) atoms. The summed E-state index contributed by atoms with van der Waals surface area (Å²) in [6, 6.07) is 15.9. The second-order valence-electron chi connectivity index (χ2n) is 5.31. The number of rotatable bonds is 7. The molecule has 0 aliphatic heterocycles. The third kappa shape index (κ3) is 4.95. The molecule has 0 spiro atoms. The van der Waals surface area contributed by atoms with E-state index < -0.39 is 12.0 Å². The minimum Gasteiger partial charge on any atom is -0.464 e. The molecule has 0 bridgehead atoms. The van der Waals surface area contributed by atoms with Crippen LogP contribution in [0.4, 0.5) is 5.69 Å². The fourth-order valence-corrected chi connectivity index (χ4v) is 2.21. The maximum atomic E-state index is 12.4. The normalized spacial score (nSPS) is 11.6. The molecule has 4 nitrogen and oxygen atoms in total. The molecule has 1 atom stereocenters. The molecular weight excluding hydrogens is 290 g/mol. The van der Waals surface area contributed by atoms with Gasteiger partial charge < -0.3 is 10.1 Å². The summed E-state index contributed by atoms with van der Waals surface area (Å²) >= 11 is 0. The molecule has 0 fully saturated rings. The van der Waals surface area contributed by atoms with E-state index in [2.05, 4.69) is 5.32 Å². The summed E-state index contributed by atoms with van der Waals surface area (Å²) < 4.78 is 5.08. The number of anilines is 1. The summed E-state index contributed by atoms with van der Waals surface area (Å²) in [4.78, 5) is 24.5. The van der Waals surface area contributed by atoms with Crippen LogP contribution in [0.2, 0.25) is 0 Å². The van der Waals surface area contributed by atoms with Gasteiger partial charge in [-0.25, -0.2) is 4.79 Å². The molecular formula is C19H21NO3. The lowest BCUT2D eigenvalue weighted by Gasteiger charge is -2.18. The van der Waals surface area contributed by atoms with E-state index in [4.69, 9.17) is 4.74 Å². The number of nitrogens with one attached hydrogen (secondary N) is 1. The molecule has 2 aromatic rings. The summed E-state index contributed by atoms with van der Waals surface area (Å²) in [5, 5.41) is 3.10. The maximum absolute atomic E-state index is 12.4. The second-order valence-corrected chi connectivity index (χ2v) is 5.31. The first-order chi connectivity index (χ1) is 11.1. The minimum atomic E-state index is -0.703. The Labute approximate surface area is 136 Å². The van der Waals surface area contributed by atoms with Crippen LogP contribution in [0.3, 0.4) is 0 Å². The molecule has 0 amide bonds. The number of Topliss-reactive ketones (excluding diaryl/α,β-unsaturated/α-hetero) is 1. The van der Waals surface area contributed by atoms with E-state index in [1.807, 2.05) is 37.3 Å². The Balaban J connectivity index is 2.12. The lowest BCUT2D eigenvalue weighted by atomic mass is 10.0. The number of esters is 1. The van der Waals surface area contributed by atoms with Gasteiger partial charge >= 0.3 is 5.97 Å². The van der Waals surface area contributed by atoms with Crippen molar-refractivity contribution in [2.24, 2.45) is 0 Å². The Morgan fingerprint density at radius 2 is 1.70 bits per heavy atom. The highest BCUT2D eigenvalue weighted by Gasteiger charge is 2.23. The second kappa shape index (κ2) is 8.13. The number of carbonyl (C=O) groups is 2. The van der Waals surface area contributed by atoms with Crippen molar-refractivity contribution in [3.63, 3.8) is 0 Å². The van der Waals surface area contributed by atoms with Gasteiger partial charge in [-0.05, 0) is 26.0 Å². The molecule has 0 aliphatic rings. The smallest absolute Gasteiger partial charge is 0.329 e. The highest BCUT2D eigenvalue weighted by Crippen LogP contribution is 2.14. The first-order valence-corrected chi connectivity index (χ1v) is 7.68. The van der Waals surface area contributed by atoms with Gasteiger partial charge in [0, 0.05) is 17.7 Å². The molecule has 2 rings (SSSR count). The van der Waals surface area contributed by atoms with Crippen molar-refractivity contribution in [3.05, 3.63) is 65.7 Å². The Morgan fingerprint density at radius 1 is 1.04 bits per heavy atom. The third-order valence-electron chi connectivity index (χ3n) is 3.45. The van der Waals surface area contributed by atoms with E-state index in [0.29, 0.717) is 5.56 Å². The molecule has 120 valence electrons. The van der Waals surface area contributed by atoms with Gasteiger partial charge in [-0.2, -0.15) is 0 Å². The zero-order valence-electron chi connectivity index (χ0n) is 13.4. The van der Waals surface area contributed by atoms with Crippen molar-refractivity contribution in [1.29, 1.82) is 0 Å². The average Bonchev–Trinajstić information content (AvgIpc) is 2.57. The lowest BCUT2D eigenvalue weighted by molar-refractivity contribution is -0.144. The first kappa shape index (κ1) is 16.7. The van der Waals surface area contributed by atoms with Crippen molar-refractivity contribution >= 4 is 17.4 Å². The van der Waals surface area contributed by atoms with Crippen LogP contribution in [0.15, 0.2) is 54.6 Å². The lowest BCUT2D eigenvalue weighted by Crippen LogP contribution is -2.33. The predicted octanol–water partition coefficient (Wildman–Crippen LogP) is 3.61. The van der Waals surface area contributed by atoms with Crippen LogP contribution in [0.25, 0.3) is 0 Å². The minimum absolute atomic E-state index is 0.0523. The van der Waals surface area contributed by atoms with Crippen LogP contribution >= 0.6 is 0 Å². The van der Waals surface area contributed by atoms with E-state index in [1.54, 1.807) is 31.2 Å². The maximum Gasteiger partial charge on any atom is 0.329 e. The number of ketones is 1. The van der Waals surface area contributed by atoms with Crippen molar-refractivity contribution in [2.45, 2.75) is 26.3 Å². The molecule has 2 aromatic carbocycles. The molecule has 1 N–H and O–H groups in total. The third-order valence-corrected chi connectivity index (χ3v) is 3.45. The van der Waals surface area contributed by atoms with E-state index in [0.717, 1.165) is 11.3 Å². The van der Waals surface area contributed by atoms with Crippen molar-refractivity contribution in [2.75, 3.05) is 11.9 Å². The highest BCUT2D eigenvalue weighted by molar-refractivity contribution is 5.99. The summed E-state index contributed by atoms with van der Waals surface area (Å²) in [5.74, 6) is -0.513. The fourth-order valence-electron chi connectivity index (χ4n) is 2.21. The van der Waals surface area contributed by atoms with E-state index >= 15 is 0 Å². The molecule has 0 saturated heterocycles. The Morgan fingerprint density at radius 3 is 2.30 bits per heavy atom. The van der Waals surface area contributed by atoms with Crippen LogP contribution < -0.4 is 5.32 Å². The summed E-state index contributed by atoms with van der Waals surface area (Å²) in [6.45, 7) is 4.02. The standard InChI is InChI=1S/C19H21NO3/c1-3-23-19(22)17(20-16-11-9-14(2)10-12-16)13-18(21)15-7-5-4-6-8-15/h4-12,17,20H,3,13H2,1-2H3/t17-/m0/s1. The van der Waals surface area contributed by atoms with Gasteiger partial charge in [0.05, 0.1) is 6.61 Å². The molecule has 0 aliphatic carbocycles. The average molecular weight is 311 g/mol. The molecule has 4 heteroatoms. The topological polar surface area (TPSA) is 55.4 Å². The van der Waals surface area contributed by atoms with Gasteiger partial charge in [0.15, 0.2) is 5.78 Å². The number of carbonyl (C=O) groups excluding carboxylic acids is 2. The molecule has 0 unspecified atom stereocenters. The number of ether oxygens (including phenoxy) is 1. The van der Waals surface area contributed by atoms with E-state index in [1.165, 1.54) is 0 Å². The Kier molecular flexibility index (Phi) is 5.92. The van der Waals surface area contributed by atoms with Gasteiger partial charge in [-0.3, -0.25) is 4.79 Å². The fraction of sp³-hybridized carbons (Fsp3) is 0.263. The van der Waals surface area contributed by atoms with E-state index in [-0.39, 0.29) is 18.8 Å².